The van der Waals surface area contributed by atoms with Crippen LogP contribution in [-0.2, 0) is 0 Å². The van der Waals surface area contributed by atoms with Crippen molar-refractivity contribution in [2.45, 2.75) is 45.8 Å². The van der Waals surface area contributed by atoms with Crippen molar-refractivity contribution >= 4 is 0 Å². The molecule has 4 atom stereocenters. The summed E-state index contributed by atoms with van der Waals surface area (Å²) in [5.41, 5.74) is 0.422. The van der Waals surface area contributed by atoms with Crippen molar-refractivity contribution in [2.24, 2.45) is 16.7 Å². The molecule has 2 N–H and O–H groups in total. The van der Waals surface area contributed by atoms with Gasteiger partial charge in [-0.05, 0) is 31.2 Å². The largest absolute Gasteiger partial charge is 0.391 e. The first-order valence-electron chi connectivity index (χ1n) is 5.30. The predicted molar refractivity (Wildman–Crippen MR) is 53.5 cm³/mol. The highest BCUT2D eigenvalue weighted by atomic mass is 16.3. The standard InChI is InChI=1S/C11H21NO/c1-10(2)7-5-6-11(10,3)9(13)8(7)12-4/h7-9,12-13H,5-6H2,1-4H3/t7-,8-,9-,11+/m1/s1. The second-order valence-electron chi connectivity index (χ2n) is 5.54. The van der Waals surface area contributed by atoms with Crippen LogP contribution in [0.4, 0.5) is 0 Å². The van der Waals surface area contributed by atoms with Crippen LogP contribution in [0.5, 0.6) is 0 Å². The Labute approximate surface area is 80.7 Å². The van der Waals surface area contributed by atoms with Gasteiger partial charge in [0.2, 0.25) is 0 Å². The molecule has 2 heteroatoms. The van der Waals surface area contributed by atoms with E-state index in [1.165, 1.54) is 12.8 Å². The molecule has 0 amide bonds. The third-order valence-corrected chi connectivity index (χ3v) is 5.13. The molecule has 2 aliphatic carbocycles. The minimum atomic E-state index is -0.161. The van der Waals surface area contributed by atoms with Gasteiger partial charge in [-0.2, -0.15) is 0 Å². The van der Waals surface area contributed by atoms with Crippen molar-refractivity contribution in [3.8, 4) is 0 Å². The van der Waals surface area contributed by atoms with E-state index in [1.54, 1.807) is 0 Å². The van der Waals surface area contributed by atoms with Crippen LogP contribution in [0.15, 0.2) is 0 Å². The van der Waals surface area contributed by atoms with Gasteiger partial charge < -0.3 is 10.4 Å². The number of hydrogen-bond acceptors (Lipinski definition) is 2. The van der Waals surface area contributed by atoms with Gasteiger partial charge in [0.15, 0.2) is 0 Å². The first kappa shape index (κ1) is 9.47. The van der Waals surface area contributed by atoms with Crippen LogP contribution in [-0.4, -0.2) is 24.3 Å². The molecule has 2 fully saturated rings. The van der Waals surface area contributed by atoms with Crippen molar-refractivity contribution in [1.29, 1.82) is 0 Å². The summed E-state index contributed by atoms with van der Waals surface area (Å²) in [7, 11) is 1.97. The van der Waals surface area contributed by atoms with Crippen molar-refractivity contribution in [1.82, 2.24) is 5.32 Å². The zero-order valence-electron chi connectivity index (χ0n) is 9.09. The Morgan fingerprint density at radius 1 is 1.31 bits per heavy atom. The smallest absolute Gasteiger partial charge is 0.0754 e. The molecule has 2 bridgehead atoms. The molecule has 0 heterocycles. The van der Waals surface area contributed by atoms with E-state index in [-0.39, 0.29) is 11.5 Å². The van der Waals surface area contributed by atoms with Crippen molar-refractivity contribution in [3.63, 3.8) is 0 Å². The van der Waals surface area contributed by atoms with Gasteiger partial charge in [-0.3, -0.25) is 0 Å². The third-order valence-electron chi connectivity index (χ3n) is 5.13. The molecule has 0 unspecified atom stereocenters. The molecule has 0 aliphatic heterocycles. The highest BCUT2D eigenvalue weighted by molar-refractivity contribution is 5.16. The number of aliphatic hydroxyl groups excluding tert-OH is 1. The fourth-order valence-corrected chi connectivity index (χ4v) is 3.69. The second kappa shape index (κ2) is 2.48. The van der Waals surface area contributed by atoms with Gasteiger partial charge in [0.25, 0.3) is 0 Å². The molecule has 2 rings (SSSR count). The zero-order chi connectivity index (χ0) is 9.85. The molecule has 2 aliphatic rings. The summed E-state index contributed by atoms with van der Waals surface area (Å²) >= 11 is 0. The maximum absolute atomic E-state index is 10.2. The molecule has 0 aromatic rings. The van der Waals surface area contributed by atoms with Crippen LogP contribution in [0.2, 0.25) is 0 Å². The van der Waals surface area contributed by atoms with Gasteiger partial charge in [-0.1, -0.05) is 20.8 Å². The van der Waals surface area contributed by atoms with Gasteiger partial charge in [-0.15, -0.1) is 0 Å². The number of nitrogens with one attached hydrogen (secondary N) is 1. The average Bonchev–Trinajstić information content (AvgIpc) is 2.36. The van der Waals surface area contributed by atoms with E-state index in [0.29, 0.717) is 17.4 Å². The molecule has 2 saturated carbocycles. The maximum Gasteiger partial charge on any atom is 0.0754 e. The third kappa shape index (κ3) is 0.861. The van der Waals surface area contributed by atoms with Crippen LogP contribution in [0.3, 0.4) is 0 Å². The monoisotopic (exact) mass is 183 g/mol. The normalized spacial score (nSPS) is 52.8. The second-order valence-corrected chi connectivity index (χ2v) is 5.54. The number of aliphatic hydroxyl groups is 1. The summed E-state index contributed by atoms with van der Waals surface area (Å²) in [6, 6.07) is 0.314. The van der Waals surface area contributed by atoms with Crippen LogP contribution < -0.4 is 5.32 Å². The first-order chi connectivity index (χ1) is 5.95. The van der Waals surface area contributed by atoms with Gasteiger partial charge in [0.05, 0.1) is 6.10 Å². The van der Waals surface area contributed by atoms with Crippen LogP contribution in [0, 0.1) is 16.7 Å². The summed E-state index contributed by atoms with van der Waals surface area (Å²) < 4.78 is 0. The molecule has 0 spiro atoms. The van der Waals surface area contributed by atoms with Gasteiger partial charge in [0.1, 0.15) is 0 Å². The number of rotatable bonds is 1. The van der Waals surface area contributed by atoms with E-state index >= 15 is 0 Å². The molecule has 0 radical (unpaired) electrons. The average molecular weight is 183 g/mol. The number of hydrogen-bond donors (Lipinski definition) is 2. The minimum absolute atomic E-state index is 0.130. The molecule has 0 aromatic carbocycles. The minimum Gasteiger partial charge on any atom is -0.391 e. The van der Waals surface area contributed by atoms with Crippen molar-refractivity contribution in [2.75, 3.05) is 7.05 Å². The Kier molecular flexibility index (Phi) is 1.81. The fourth-order valence-electron chi connectivity index (χ4n) is 3.69. The van der Waals surface area contributed by atoms with E-state index < -0.39 is 0 Å². The van der Waals surface area contributed by atoms with Gasteiger partial charge in [0, 0.05) is 11.5 Å². The molecule has 0 saturated heterocycles. The van der Waals surface area contributed by atoms with Crippen LogP contribution in [0.25, 0.3) is 0 Å². The summed E-state index contributed by atoms with van der Waals surface area (Å²) in [5, 5.41) is 13.5. The maximum atomic E-state index is 10.2. The Morgan fingerprint density at radius 2 is 1.92 bits per heavy atom. The SMILES string of the molecule is CN[C@@H]1[C@H]2CC[C@@](C)([C@@H]1O)C2(C)C. The molecular formula is C11H21NO. The van der Waals surface area contributed by atoms with Crippen molar-refractivity contribution < 1.29 is 5.11 Å². The summed E-state index contributed by atoms with van der Waals surface area (Å²) in [6.45, 7) is 6.87. The Balaban J connectivity index is 2.39. The molecular weight excluding hydrogens is 162 g/mol. The lowest BCUT2D eigenvalue weighted by Gasteiger charge is -2.37. The summed E-state index contributed by atoms with van der Waals surface area (Å²) in [6.07, 6.45) is 2.29. The van der Waals surface area contributed by atoms with Crippen LogP contribution >= 0.6 is 0 Å². The van der Waals surface area contributed by atoms with E-state index in [1.807, 2.05) is 7.05 Å². The van der Waals surface area contributed by atoms with E-state index in [2.05, 4.69) is 26.1 Å². The predicted octanol–water partition coefficient (Wildman–Crippen LogP) is 1.39. The number of likely N-dealkylation sites (N-methyl/N-ethyl adjacent to an activating group) is 1. The van der Waals surface area contributed by atoms with Crippen LogP contribution in [0.1, 0.15) is 33.6 Å². The lowest BCUT2D eigenvalue weighted by Crippen LogP contribution is -2.45. The van der Waals surface area contributed by atoms with E-state index in [0.717, 1.165) is 0 Å². The Bertz CT molecular complexity index is 226. The quantitative estimate of drug-likeness (QED) is 0.644. The summed E-state index contributed by atoms with van der Waals surface area (Å²) in [5.74, 6) is 0.650. The summed E-state index contributed by atoms with van der Waals surface area (Å²) in [4.78, 5) is 0. The fraction of sp³-hybridized carbons (Fsp3) is 1.00. The highest BCUT2D eigenvalue weighted by Crippen LogP contribution is 2.65. The first-order valence-corrected chi connectivity index (χ1v) is 5.30. The molecule has 76 valence electrons. The van der Waals surface area contributed by atoms with Gasteiger partial charge >= 0.3 is 0 Å². The van der Waals surface area contributed by atoms with E-state index in [9.17, 15) is 5.11 Å². The van der Waals surface area contributed by atoms with Gasteiger partial charge in [-0.25, -0.2) is 0 Å². The number of fused-ring (bicyclic) bond motifs is 2. The Hall–Kier alpha value is -0.0800. The lowest BCUT2D eigenvalue weighted by atomic mass is 9.70. The zero-order valence-corrected chi connectivity index (χ0v) is 9.09. The molecule has 13 heavy (non-hydrogen) atoms. The Morgan fingerprint density at radius 3 is 2.23 bits per heavy atom. The molecule has 2 nitrogen and oxygen atoms in total. The molecule has 0 aromatic heterocycles. The highest BCUT2D eigenvalue weighted by Gasteiger charge is 2.65. The van der Waals surface area contributed by atoms with E-state index in [4.69, 9.17) is 0 Å². The topological polar surface area (TPSA) is 32.3 Å². The van der Waals surface area contributed by atoms with Crippen molar-refractivity contribution in [3.05, 3.63) is 0 Å². The lowest BCUT2D eigenvalue weighted by molar-refractivity contribution is 0.00130.